The number of Topliss-reactive ketones (excluding diaryl/α,β-unsaturated/α-hetero) is 1. The molecule has 0 bridgehead atoms. The minimum absolute atomic E-state index is 0.0151. The third kappa shape index (κ3) is 4.01. The number of aromatic nitrogens is 5. The van der Waals surface area contributed by atoms with Crippen LogP contribution in [0.15, 0.2) is 35.7 Å². The molecule has 0 unspecified atom stereocenters. The summed E-state index contributed by atoms with van der Waals surface area (Å²) in [5, 5.41) is 24.5. The molecule has 0 spiro atoms. The van der Waals surface area contributed by atoms with Gasteiger partial charge < -0.3 is 5.11 Å². The number of hydrogen-bond acceptors (Lipinski definition) is 8. The third-order valence-corrected chi connectivity index (χ3v) is 4.26. The van der Waals surface area contributed by atoms with Gasteiger partial charge in [-0.1, -0.05) is 24.3 Å². The Morgan fingerprint density at radius 3 is 2.68 bits per heavy atom. The number of nitrogens with one attached hydrogen (secondary N) is 1. The van der Waals surface area contributed by atoms with E-state index in [1.807, 2.05) is 12.1 Å². The molecular formula is C16H13N5O3S. The fourth-order valence-electron chi connectivity index (χ4n) is 2.09. The molecule has 0 saturated heterocycles. The largest absolute Gasteiger partial charge is 0.504 e. The van der Waals surface area contributed by atoms with Gasteiger partial charge in [-0.3, -0.25) is 9.59 Å². The standard InChI is InChI=1S/C16H13N5O3S/c1-9(22)11-4-2-10(3-5-11)6-12-8-25-16(17-12)14(24)7-13(23)15-18-20-21-19-15/h2-5,7-8,23H,6H2,1H3,(H,18,19,20,21). The Kier molecular flexibility index (Phi) is 4.75. The number of aromatic amines is 1. The highest BCUT2D eigenvalue weighted by Crippen LogP contribution is 2.17. The summed E-state index contributed by atoms with van der Waals surface area (Å²) in [6.07, 6.45) is 1.55. The van der Waals surface area contributed by atoms with E-state index in [4.69, 9.17) is 0 Å². The van der Waals surface area contributed by atoms with E-state index in [9.17, 15) is 14.7 Å². The molecule has 3 rings (SSSR count). The quantitative estimate of drug-likeness (QED) is 0.395. The van der Waals surface area contributed by atoms with Gasteiger partial charge in [-0.15, -0.1) is 21.5 Å². The van der Waals surface area contributed by atoms with Crippen molar-refractivity contribution >= 4 is 28.7 Å². The van der Waals surface area contributed by atoms with Crippen molar-refractivity contribution in [3.05, 3.63) is 63.4 Å². The van der Waals surface area contributed by atoms with Crippen LogP contribution in [0.2, 0.25) is 0 Å². The number of nitrogens with zero attached hydrogens (tertiary/aromatic N) is 4. The molecule has 0 fully saturated rings. The number of tetrazole rings is 1. The molecule has 8 nitrogen and oxygen atoms in total. The molecule has 0 saturated carbocycles. The van der Waals surface area contributed by atoms with Crippen molar-refractivity contribution in [2.45, 2.75) is 13.3 Å². The van der Waals surface area contributed by atoms with E-state index in [1.165, 1.54) is 18.3 Å². The molecule has 126 valence electrons. The molecule has 1 aromatic carbocycles. The minimum Gasteiger partial charge on any atom is -0.504 e. The molecule has 2 heterocycles. The zero-order chi connectivity index (χ0) is 17.8. The van der Waals surface area contributed by atoms with E-state index in [0.717, 1.165) is 17.3 Å². The van der Waals surface area contributed by atoms with Crippen LogP contribution in [-0.2, 0) is 6.42 Å². The lowest BCUT2D eigenvalue weighted by Crippen LogP contribution is -1.98. The normalized spacial score (nSPS) is 11.5. The third-order valence-electron chi connectivity index (χ3n) is 3.35. The van der Waals surface area contributed by atoms with Crippen LogP contribution in [0.3, 0.4) is 0 Å². The number of thiazole rings is 1. The van der Waals surface area contributed by atoms with Crippen molar-refractivity contribution in [2.24, 2.45) is 0 Å². The molecule has 3 aromatic rings. The van der Waals surface area contributed by atoms with Gasteiger partial charge in [0.15, 0.2) is 16.6 Å². The maximum absolute atomic E-state index is 12.1. The molecule has 25 heavy (non-hydrogen) atoms. The van der Waals surface area contributed by atoms with Crippen LogP contribution in [0.1, 0.15) is 44.2 Å². The summed E-state index contributed by atoms with van der Waals surface area (Å²) in [6.45, 7) is 1.52. The first-order valence-corrected chi connectivity index (χ1v) is 8.14. The van der Waals surface area contributed by atoms with Gasteiger partial charge in [-0.25, -0.2) is 4.98 Å². The number of H-pyrrole nitrogens is 1. The van der Waals surface area contributed by atoms with E-state index >= 15 is 0 Å². The van der Waals surface area contributed by atoms with Crippen LogP contribution >= 0.6 is 11.3 Å². The average molecular weight is 355 g/mol. The van der Waals surface area contributed by atoms with E-state index in [2.05, 4.69) is 25.6 Å². The average Bonchev–Trinajstić information content (AvgIpc) is 3.27. The summed E-state index contributed by atoms with van der Waals surface area (Å²) < 4.78 is 0. The molecular weight excluding hydrogens is 342 g/mol. The summed E-state index contributed by atoms with van der Waals surface area (Å²) in [5.74, 6) is -0.863. The van der Waals surface area contributed by atoms with E-state index < -0.39 is 5.78 Å². The van der Waals surface area contributed by atoms with Gasteiger partial charge in [-0.05, 0) is 17.7 Å². The molecule has 9 heteroatoms. The number of hydrogen-bond donors (Lipinski definition) is 2. The summed E-state index contributed by atoms with van der Waals surface area (Å²) in [4.78, 5) is 27.7. The van der Waals surface area contributed by atoms with Gasteiger partial charge in [0.05, 0.1) is 5.69 Å². The van der Waals surface area contributed by atoms with Crippen molar-refractivity contribution in [1.82, 2.24) is 25.6 Å². The molecule has 2 N–H and O–H groups in total. The number of ketones is 2. The van der Waals surface area contributed by atoms with Crippen LogP contribution in [0.5, 0.6) is 0 Å². The number of carbonyl (C=O) groups is 2. The maximum atomic E-state index is 12.1. The van der Waals surface area contributed by atoms with Gasteiger partial charge in [0.25, 0.3) is 0 Å². The molecule has 0 aliphatic carbocycles. The smallest absolute Gasteiger partial charge is 0.239 e. The zero-order valence-corrected chi connectivity index (χ0v) is 13.9. The highest BCUT2D eigenvalue weighted by Gasteiger charge is 2.13. The molecule has 0 atom stereocenters. The SMILES string of the molecule is CC(=O)c1ccc(Cc2csc(C(=O)C=C(O)c3nn[nH]n3)n2)cc1. The minimum atomic E-state index is -0.439. The Labute approximate surface area is 146 Å². The predicted octanol–water partition coefficient (Wildman–Crippen LogP) is 2.23. The summed E-state index contributed by atoms with van der Waals surface area (Å²) in [6, 6.07) is 7.25. The Morgan fingerprint density at radius 2 is 2.04 bits per heavy atom. The lowest BCUT2D eigenvalue weighted by atomic mass is 10.1. The van der Waals surface area contributed by atoms with Gasteiger partial charge in [0.2, 0.25) is 11.6 Å². The Bertz CT molecular complexity index is 929. The highest BCUT2D eigenvalue weighted by atomic mass is 32.1. The zero-order valence-electron chi connectivity index (χ0n) is 13.1. The van der Waals surface area contributed by atoms with Crippen molar-refractivity contribution in [3.8, 4) is 0 Å². The number of rotatable bonds is 6. The molecule has 0 amide bonds. The van der Waals surface area contributed by atoms with Gasteiger partial charge >= 0.3 is 0 Å². The number of aliphatic hydroxyl groups is 1. The summed E-state index contributed by atoms with van der Waals surface area (Å²) in [7, 11) is 0. The second-order valence-electron chi connectivity index (χ2n) is 5.20. The Morgan fingerprint density at radius 1 is 1.28 bits per heavy atom. The van der Waals surface area contributed by atoms with Crippen molar-refractivity contribution in [2.75, 3.05) is 0 Å². The molecule has 0 aliphatic rings. The number of aliphatic hydroxyl groups excluding tert-OH is 1. The number of benzene rings is 1. The fraction of sp³-hybridized carbons (Fsp3) is 0.125. The summed E-state index contributed by atoms with van der Waals surface area (Å²) in [5.41, 5.74) is 2.37. The van der Waals surface area contributed by atoms with Gasteiger partial charge in [-0.2, -0.15) is 5.21 Å². The lowest BCUT2D eigenvalue weighted by molar-refractivity contribution is 0.101. The monoisotopic (exact) mass is 355 g/mol. The summed E-state index contributed by atoms with van der Waals surface area (Å²) >= 11 is 1.19. The number of allylic oxidation sites excluding steroid dienone is 1. The van der Waals surface area contributed by atoms with Gasteiger partial charge in [0.1, 0.15) is 0 Å². The first-order valence-electron chi connectivity index (χ1n) is 7.26. The van der Waals surface area contributed by atoms with Crippen LogP contribution in [0.25, 0.3) is 5.76 Å². The second kappa shape index (κ2) is 7.14. The molecule has 2 aromatic heterocycles. The van der Waals surface area contributed by atoms with E-state index in [1.54, 1.807) is 17.5 Å². The van der Waals surface area contributed by atoms with Crippen LogP contribution in [0, 0.1) is 0 Å². The van der Waals surface area contributed by atoms with Crippen LogP contribution in [-0.4, -0.2) is 42.3 Å². The fourth-order valence-corrected chi connectivity index (χ4v) is 2.82. The van der Waals surface area contributed by atoms with Crippen LogP contribution in [0.4, 0.5) is 0 Å². The Hall–Kier alpha value is -3.20. The first-order chi connectivity index (χ1) is 12.0. The highest BCUT2D eigenvalue weighted by molar-refractivity contribution is 7.11. The molecule has 0 radical (unpaired) electrons. The predicted molar refractivity (Wildman–Crippen MR) is 90.5 cm³/mol. The topological polar surface area (TPSA) is 122 Å². The second-order valence-corrected chi connectivity index (χ2v) is 6.06. The Balaban J connectivity index is 1.70. The van der Waals surface area contributed by atoms with Crippen molar-refractivity contribution < 1.29 is 14.7 Å². The van der Waals surface area contributed by atoms with Crippen molar-refractivity contribution in [3.63, 3.8) is 0 Å². The van der Waals surface area contributed by atoms with Crippen LogP contribution < -0.4 is 0 Å². The lowest BCUT2D eigenvalue weighted by Gasteiger charge is -2.00. The van der Waals surface area contributed by atoms with Gasteiger partial charge in [0, 0.05) is 23.4 Å². The maximum Gasteiger partial charge on any atom is 0.239 e. The number of carbonyl (C=O) groups excluding carboxylic acids is 2. The first kappa shape index (κ1) is 16.7. The van der Waals surface area contributed by atoms with E-state index in [0.29, 0.717) is 12.0 Å². The molecule has 0 aliphatic heterocycles. The van der Waals surface area contributed by atoms with Crippen molar-refractivity contribution in [1.29, 1.82) is 0 Å². The van der Waals surface area contributed by atoms with E-state index in [-0.39, 0.29) is 22.4 Å².